The summed E-state index contributed by atoms with van der Waals surface area (Å²) in [6.07, 6.45) is 0.0309. The molecule has 1 aliphatic rings. The van der Waals surface area contributed by atoms with Gasteiger partial charge < -0.3 is 15.2 Å². The molecular weight excluding hydrogens is 356 g/mol. The monoisotopic (exact) mass is 380 g/mol. The van der Waals surface area contributed by atoms with E-state index >= 15 is 0 Å². The van der Waals surface area contributed by atoms with Gasteiger partial charge in [-0.05, 0) is 24.6 Å². The van der Waals surface area contributed by atoms with Gasteiger partial charge in [-0.25, -0.2) is 8.42 Å². The van der Waals surface area contributed by atoms with Crippen LogP contribution in [0.25, 0.3) is 0 Å². The van der Waals surface area contributed by atoms with E-state index in [1.54, 1.807) is 5.48 Å². The van der Waals surface area contributed by atoms with E-state index in [2.05, 4.69) is 17.0 Å². The van der Waals surface area contributed by atoms with Crippen molar-refractivity contribution in [3.63, 3.8) is 0 Å². The molecule has 2 rings (SSSR count). The van der Waals surface area contributed by atoms with E-state index in [1.165, 1.54) is 6.92 Å². The average molecular weight is 380 g/mol. The maximum atomic E-state index is 12.1. The van der Waals surface area contributed by atoms with Crippen LogP contribution in [-0.2, 0) is 14.7 Å². The third-order valence-electron chi connectivity index (χ3n) is 4.54. The number of nitrogens with zero attached hydrogens (tertiary/aromatic N) is 1. The second kappa shape index (κ2) is 8.18. The second-order valence-electron chi connectivity index (χ2n) is 6.52. The summed E-state index contributed by atoms with van der Waals surface area (Å²) in [4.78, 5) is 5.38. The van der Waals surface area contributed by atoms with Crippen molar-refractivity contribution >= 4 is 15.5 Å². The van der Waals surface area contributed by atoms with E-state index in [0.717, 1.165) is 23.8 Å². The molecule has 142 valence electrons. The maximum Gasteiger partial charge on any atom is 0.156 e. The summed E-state index contributed by atoms with van der Waals surface area (Å²) < 4.78 is 22.6. The van der Waals surface area contributed by atoms with Crippen molar-refractivity contribution in [1.29, 1.82) is 0 Å². The highest BCUT2D eigenvalue weighted by atomic mass is 32.2. The van der Waals surface area contributed by atoms with Crippen LogP contribution in [0.2, 0.25) is 0 Å². The van der Waals surface area contributed by atoms with E-state index in [1.807, 2.05) is 31.2 Å². The Morgan fingerprint density at radius 2 is 2.08 bits per heavy atom. The Morgan fingerprint density at radius 1 is 1.42 bits per heavy atom. The van der Waals surface area contributed by atoms with Crippen molar-refractivity contribution in [1.82, 2.24) is 5.48 Å². The molecule has 26 heavy (non-hydrogen) atoms. The van der Waals surface area contributed by atoms with Gasteiger partial charge in [0.15, 0.2) is 9.84 Å². The number of aliphatic hydroxyl groups is 1. The first kappa shape index (κ1) is 20.4. The highest BCUT2D eigenvalue weighted by molar-refractivity contribution is 7.92. The van der Waals surface area contributed by atoms with E-state index in [9.17, 15) is 13.5 Å². The van der Waals surface area contributed by atoms with Crippen LogP contribution >= 0.6 is 0 Å². The predicted octanol–water partition coefficient (Wildman–Crippen LogP) is 1.43. The minimum atomic E-state index is -3.68. The minimum Gasteiger partial charge on any atom is -0.392 e. The lowest BCUT2D eigenvalue weighted by molar-refractivity contribution is -0.0355. The molecule has 7 nitrogen and oxygen atoms in total. The molecule has 1 aromatic carbocycles. The normalized spacial score (nSPS) is 20.3. The van der Waals surface area contributed by atoms with Gasteiger partial charge in [0.05, 0.1) is 5.71 Å². The van der Waals surface area contributed by atoms with Crippen molar-refractivity contribution in [3.8, 4) is 11.8 Å². The summed E-state index contributed by atoms with van der Waals surface area (Å²) in [5.74, 6) is 6.05. The van der Waals surface area contributed by atoms with Crippen LogP contribution in [0.4, 0.5) is 0 Å². The lowest BCUT2D eigenvalue weighted by atomic mass is 9.96. The number of oxime groups is 1. The largest absolute Gasteiger partial charge is 0.392 e. The standard InChI is InChI=1S/C18H24N2O5S/c1-4-5-6-13-7-9-14(10-8-13)16-11-15(25-20-16)12-18(2,17(21)19-22)26(3,23)24/h7-10,15,17,19,21-22H,4,11-12H2,1-3H3/t15-,17?,18-/m1/s1. The third-order valence-corrected chi connectivity index (χ3v) is 6.63. The number of sulfone groups is 1. The number of hydroxylamine groups is 1. The third kappa shape index (κ3) is 4.43. The van der Waals surface area contributed by atoms with Gasteiger partial charge in [0.1, 0.15) is 17.1 Å². The van der Waals surface area contributed by atoms with Crippen LogP contribution < -0.4 is 5.48 Å². The van der Waals surface area contributed by atoms with Crippen LogP contribution in [0, 0.1) is 11.8 Å². The summed E-state index contributed by atoms with van der Waals surface area (Å²) >= 11 is 0. The van der Waals surface area contributed by atoms with Gasteiger partial charge in [0.2, 0.25) is 0 Å². The summed E-state index contributed by atoms with van der Waals surface area (Å²) in [6, 6.07) is 7.58. The molecule has 0 amide bonds. The zero-order valence-electron chi connectivity index (χ0n) is 15.1. The van der Waals surface area contributed by atoms with Crippen LogP contribution in [-0.4, -0.2) is 47.8 Å². The fourth-order valence-corrected chi connectivity index (χ4v) is 3.65. The highest BCUT2D eigenvalue weighted by Crippen LogP contribution is 2.31. The van der Waals surface area contributed by atoms with Gasteiger partial charge >= 0.3 is 0 Å². The van der Waals surface area contributed by atoms with Crippen molar-refractivity contribution < 1.29 is 23.6 Å². The first-order chi connectivity index (χ1) is 12.2. The molecule has 0 radical (unpaired) electrons. The van der Waals surface area contributed by atoms with Gasteiger partial charge in [-0.3, -0.25) is 0 Å². The first-order valence-electron chi connectivity index (χ1n) is 8.30. The predicted molar refractivity (Wildman–Crippen MR) is 98.4 cm³/mol. The molecule has 0 bridgehead atoms. The Bertz CT molecular complexity index is 823. The molecule has 1 heterocycles. The molecule has 0 aromatic heterocycles. The number of hydrogen-bond acceptors (Lipinski definition) is 7. The summed E-state index contributed by atoms with van der Waals surface area (Å²) in [6.45, 7) is 3.35. The quantitative estimate of drug-likeness (QED) is 0.391. The zero-order chi connectivity index (χ0) is 19.4. The molecule has 0 saturated carbocycles. The molecule has 0 spiro atoms. The molecule has 3 atom stereocenters. The Kier molecular flexibility index (Phi) is 6.42. The smallest absolute Gasteiger partial charge is 0.156 e. The van der Waals surface area contributed by atoms with Crippen LogP contribution in [0.3, 0.4) is 0 Å². The van der Waals surface area contributed by atoms with Crippen LogP contribution in [0.5, 0.6) is 0 Å². The lowest BCUT2D eigenvalue weighted by Gasteiger charge is -2.32. The Morgan fingerprint density at radius 3 is 2.62 bits per heavy atom. The highest BCUT2D eigenvalue weighted by Gasteiger charge is 2.46. The van der Waals surface area contributed by atoms with Gasteiger partial charge in [-0.2, -0.15) is 5.48 Å². The molecule has 3 N–H and O–H groups in total. The van der Waals surface area contributed by atoms with E-state index < -0.39 is 26.9 Å². The summed E-state index contributed by atoms with van der Waals surface area (Å²) in [7, 11) is -3.68. The molecule has 0 fully saturated rings. The lowest BCUT2D eigenvalue weighted by Crippen LogP contribution is -2.54. The first-order valence-corrected chi connectivity index (χ1v) is 10.2. The van der Waals surface area contributed by atoms with Gasteiger partial charge in [0.25, 0.3) is 0 Å². The number of aliphatic hydroxyl groups excluding tert-OH is 1. The minimum absolute atomic E-state index is 0.0202. The van der Waals surface area contributed by atoms with Gasteiger partial charge in [-0.15, -0.1) is 0 Å². The van der Waals surface area contributed by atoms with Crippen molar-refractivity contribution in [3.05, 3.63) is 35.4 Å². The molecule has 1 aromatic rings. The molecule has 0 saturated heterocycles. The van der Waals surface area contributed by atoms with Crippen molar-refractivity contribution in [2.75, 3.05) is 6.26 Å². The van der Waals surface area contributed by atoms with Gasteiger partial charge in [0, 0.05) is 31.1 Å². The van der Waals surface area contributed by atoms with Gasteiger partial charge in [-0.1, -0.05) is 36.1 Å². The van der Waals surface area contributed by atoms with Crippen LogP contribution in [0.15, 0.2) is 29.4 Å². The number of rotatable bonds is 6. The topological polar surface area (TPSA) is 108 Å². The number of hydrogen-bond donors (Lipinski definition) is 3. The summed E-state index contributed by atoms with van der Waals surface area (Å²) in [5, 5.41) is 22.9. The van der Waals surface area contributed by atoms with Crippen molar-refractivity contribution in [2.24, 2.45) is 5.16 Å². The SMILES string of the molecule is CCC#Cc1ccc(C2=NO[C@@H](C[C@](C)(C(O)NO)S(C)(=O)=O)C2)cc1. The Labute approximate surface area is 153 Å². The molecule has 1 aliphatic heterocycles. The maximum absolute atomic E-state index is 12.1. The Hall–Kier alpha value is -1.92. The zero-order valence-corrected chi connectivity index (χ0v) is 15.9. The number of nitrogens with one attached hydrogen (secondary N) is 1. The molecule has 0 aliphatic carbocycles. The van der Waals surface area contributed by atoms with E-state index in [4.69, 9.17) is 10.0 Å². The molecule has 8 heteroatoms. The van der Waals surface area contributed by atoms with E-state index in [0.29, 0.717) is 12.1 Å². The fraction of sp³-hybridized carbons (Fsp3) is 0.500. The molecule has 1 unspecified atom stereocenters. The van der Waals surface area contributed by atoms with Crippen LogP contribution in [0.1, 0.15) is 44.2 Å². The summed E-state index contributed by atoms with van der Waals surface area (Å²) in [5.41, 5.74) is 4.11. The molecular formula is C18H24N2O5S. The van der Waals surface area contributed by atoms with Crippen molar-refractivity contribution in [2.45, 2.75) is 50.2 Å². The van der Waals surface area contributed by atoms with E-state index in [-0.39, 0.29) is 6.42 Å². The second-order valence-corrected chi connectivity index (χ2v) is 9.00. The average Bonchev–Trinajstić information content (AvgIpc) is 3.06. The Balaban J connectivity index is 2.09. The number of benzene rings is 1. The fourth-order valence-electron chi connectivity index (χ4n) is 2.70.